The average Bonchev–Trinajstić information content (AvgIpc) is 2.46. The van der Waals surface area contributed by atoms with E-state index in [0.29, 0.717) is 15.1 Å². The van der Waals surface area contributed by atoms with Crippen LogP contribution >= 0.6 is 34.8 Å². The molecule has 0 bridgehead atoms. The van der Waals surface area contributed by atoms with Gasteiger partial charge < -0.3 is 4.74 Å². The number of hydrogen-bond acceptors (Lipinski definition) is 1. The maximum atomic E-state index is 6.26. The Labute approximate surface area is 135 Å². The van der Waals surface area contributed by atoms with E-state index in [9.17, 15) is 0 Å². The number of hydrogen-bond donors (Lipinski definition) is 0. The van der Waals surface area contributed by atoms with E-state index in [1.807, 2.05) is 26.8 Å². The zero-order valence-electron chi connectivity index (χ0n) is 11.9. The first-order valence-electron chi connectivity index (χ1n) is 6.32. The summed E-state index contributed by atoms with van der Waals surface area (Å²) in [4.78, 5) is 0. The van der Waals surface area contributed by atoms with Crippen molar-refractivity contribution in [3.05, 3.63) is 51.0 Å². The van der Waals surface area contributed by atoms with Crippen LogP contribution in [0.15, 0.2) is 30.3 Å². The summed E-state index contributed by atoms with van der Waals surface area (Å²) in [5.74, 6) is 0.752. The van der Waals surface area contributed by atoms with E-state index in [1.165, 1.54) is 0 Å². The van der Waals surface area contributed by atoms with E-state index in [1.54, 1.807) is 31.4 Å². The largest absolute Gasteiger partial charge is 0.496 e. The highest BCUT2D eigenvalue weighted by atomic mass is 35.5. The van der Waals surface area contributed by atoms with Gasteiger partial charge in [0.2, 0.25) is 0 Å². The molecule has 2 rings (SSSR count). The molecule has 2 aromatic carbocycles. The molecular formula is C16H17Cl3O. The van der Waals surface area contributed by atoms with Gasteiger partial charge in [0.1, 0.15) is 5.75 Å². The summed E-state index contributed by atoms with van der Waals surface area (Å²) in [5, 5.41) is 1.83. The number of halogens is 3. The highest BCUT2D eigenvalue weighted by Crippen LogP contribution is 2.38. The Morgan fingerprint density at radius 3 is 2.05 bits per heavy atom. The molecule has 108 valence electrons. The SMILES string of the molecule is CC.COc1cc(Cl)c(-c2cc(Cl)ccc2Cl)cc1C. The van der Waals surface area contributed by atoms with Gasteiger partial charge in [0.25, 0.3) is 0 Å². The third-order valence-electron chi connectivity index (χ3n) is 2.70. The molecule has 4 heteroatoms. The molecule has 0 unspecified atom stereocenters. The van der Waals surface area contributed by atoms with Gasteiger partial charge in [0.05, 0.1) is 12.1 Å². The van der Waals surface area contributed by atoms with Gasteiger partial charge in [-0.2, -0.15) is 0 Å². The van der Waals surface area contributed by atoms with Crippen LogP contribution in [0, 0.1) is 6.92 Å². The van der Waals surface area contributed by atoms with E-state index in [0.717, 1.165) is 22.4 Å². The Morgan fingerprint density at radius 1 is 0.850 bits per heavy atom. The van der Waals surface area contributed by atoms with Crippen molar-refractivity contribution in [1.29, 1.82) is 0 Å². The second-order valence-electron chi connectivity index (χ2n) is 3.93. The lowest BCUT2D eigenvalue weighted by Gasteiger charge is -2.11. The number of rotatable bonds is 2. The van der Waals surface area contributed by atoms with Crippen LogP contribution in [0.2, 0.25) is 15.1 Å². The van der Waals surface area contributed by atoms with Crippen LogP contribution in [0.3, 0.4) is 0 Å². The van der Waals surface area contributed by atoms with Gasteiger partial charge in [0, 0.05) is 21.2 Å². The van der Waals surface area contributed by atoms with Crippen LogP contribution in [0.4, 0.5) is 0 Å². The third-order valence-corrected chi connectivity index (χ3v) is 3.58. The summed E-state index contributed by atoms with van der Waals surface area (Å²) in [7, 11) is 1.62. The molecule has 0 aliphatic heterocycles. The molecule has 0 saturated carbocycles. The Bertz CT molecular complexity index is 595. The van der Waals surface area contributed by atoms with Crippen LogP contribution in [0.25, 0.3) is 11.1 Å². The van der Waals surface area contributed by atoms with Crippen LogP contribution < -0.4 is 4.74 Å². The second kappa shape index (κ2) is 7.78. The van der Waals surface area contributed by atoms with Gasteiger partial charge in [-0.3, -0.25) is 0 Å². The van der Waals surface area contributed by atoms with Gasteiger partial charge in [-0.1, -0.05) is 48.7 Å². The molecule has 0 aliphatic rings. The van der Waals surface area contributed by atoms with Crippen molar-refractivity contribution in [1.82, 2.24) is 0 Å². The number of ether oxygens (including phenoxy) is 1. The van der Waals surface area contributed by atoms with Crippen molar-refractivity contribution in [2.45, 2.75) is 20.8 Å². The smallest absolute Gasteiger partial charge is 0.123 e. The third kappa shape index (κ3) is 3.82. The van der Waals surface area contributed by atoms with Crippen molar-refractivity contribution >= 4 is 34.8 Å². The molecule has 2 aromatic rings. The van der Waals surface area contributed by atoms with Gasteiger partial charge >= 0.3 is 0 Å². The molecule has 0 saturated heterocycles. The zero-order chi connectivity index (χ0) is 15.3. The predicted molar refractivity (Wildman–Crippen MR) is 89.5 cm³/mol. The zero-order valence-corrected chi connectivity index (χ0v) is 14.2. The van der Waals surface area contributed by atoms with Crippen molar-refractivity contribution in [2.24, 2.45) is 0 Å². The van der Waals surface area contributed by atoms with Crippen LogP contribution in [0.1, 0.15) is 19.4 Å². The van der Waals surface area contributed by atoms with E-state index in [-0.39, 0.29) is 0 Å². The average molecular weight is 332 g/mol. The predicted octanol–water partition coefficient (Wildman–Crippen LogP) is 6.66. The highest BCUT2D eigenvalue weighted by Gasteiger charge is 2.11. The van der Waals surface area contributed by atoms with Crippen LogP contribution in [-0.4, -0.2) is 7.11 Å². The Kier molecular flexibility index (Phi) is 6.67. The summed E-state index contributed by atoms with van der Waals surface area (Å²) < 4.78 is 5.23. The maximum Gasteiger partial charge on any atom is 0.123 e. The van der Waals surface area contributed by atoms with Gasteiger partial charge in [-0.15, -0.1) is 0 Å². The Morgan fingerprint density at radius 2 is 1.45 bits per heavy atom. The lowest BCUT2D eigenvalue weighted by molar-refractivity contribution is 0.412. The van der Waals surface area contributed by atoms with Crippen LogP contribution in [-0.2, 0) is 0 Å². The first-order chi connectivity index (χ1) is 9.52. The molecule has 0 radical (unpaired) electrons. The van der Waals surface area contributed by atoms with Crippen LogP contribution in [0.5, 0.6) is 5.75 Å². The topological polar surface area (TPSA) is 9.23 Å². The normalized spacial score (nSPS) is 9.75. The summed E-state index contributed by atoms with van der Waals surface area (Å²) in [6, 6.07) is 9.03. The molecule has 20 heavy (non-hydrogen) atoms. The standard InChI is InChI=1S/C14H11Cl3O.C2H6/c1-8-5-10(13(17)7-14(8)18-2)11-6-9(15)3-4-12(11)16;1-2/h3-7H,1-2H3;1-2H3. The fraction of sp³-hybridized carbons (Fsp3) is 0.250. The summed E-state index contributed by atoms with van der Waals surface area (Å²) in [6.45, 7) is 5.96. The fourth-order valence-electron chi connectivity index (χ4n) is 1.79. The monoisotopic (exact) mass is 330 g/mol. The van der Waals surface area contributed by atoms with E-state index >= 15 is 0 Å². The Hall–Kier alpha value is -0.890. The Balaban J connectivity index is 0.000000956. The molecule has 0 spiro atoms. The minimum absolute atomic E-state index is 0.585. The maximum absolute atomic E-state index is 6.26. The first-order valence-corrected chi connectivity index (χ1v) is 7.46. The molecule has 0 aliphatic carbocycles. The van der Waals surface area contributed by atoms with E-state index in [4.69, 9.17) is 39.5 Å². The van der Waals surface area contributed by atoms with Gasteiger partial charge in [0.15, 0.2) is 0 Å². The van der Waals surface area contributed by atoms with Crippen molar-refractivity contribution in [2.75, 3.05) is 7.11 Å². The highest BCUT2D eigenvalue weighted by molar-refractivity contribution is 6.37. The quantitative estimate of drug-likeness (QED) is 0.598. The summed E-state index contributed by atoms with van der Waals surface area (Å²) >= 11 is 18.4. The molecule has 0 aromatic heterocycles. The first kappa shape index (κ1) is 17.2. The van der Waals surface area contributed by atoms with Gasteiger partial charge in [-0.25, -0.2) is 0 Å². The molecule has 0 fully saturated rings. The lowest BCUT2D eigenvalue weighted by Crippen LogP contribution is -1.90. The molecule has 0 heterocycles. The van der Waals surface area contributed by atoms with Gasteiger partial charge in [-0.05, 0) is 42.8 Å². The number of methoxy groups -OCH3 is 1. The number of aryl methyl sites for hydroxylation is 1. The van der Waals surface area contributed by atoms with E-state index < -0.39 is 0 Å². The lowest BCUT2D eigenvalue weighted by atomic mass is 10.0. The minimum atomic E-state index is 0.585. The minimum Gasteiger partial charge on any atom is -0.496 e. The van der Waals surface area contributed by atoms with Crippen molar-refractivity contribution in [3.8, 4) is 16.9 Å². The molecule has 0 amide bonds. The number of benzene rings is 2. The molecular weight excluding hydrogens is 315 g/mol. The van der Waals surface area contributed by atoms with E-state index in [2.05, 4.69) is 0 Å². The van der Waals surface area contributed by atoms with Crippen molar-refractivity contribution in [3.63, 3.8) is 0 Å². The molecule has 0 atom stereocenters. The fourth-order valence-corrected chi connectivity index (χ4v) is 2.44. The summed E-state index contributed by atoms with van der Waals surface area (Å²) in [6.07, 6.45) is 0. The second-order valence-corrected chi connectivity index (χ2v) is 5.18. The summed E-state index contributed by atoms with van der Waals surface area (Å²) in [5.41, 5.74) is 2.66. The molecule has 0 N–H and O–H groups in total. The van der Waals surface area contributed by atoms with Crippen molar-refractivity contribution < 1.29 is 4.74 Å². The molecule has 1 nitrogen and oxygen atoms in total.